The number of hydrogen-bond donors (Lipinski definition) is 2. The van der Waals surface area contributed by atoms with Crippen LogP contribution in [0.3, 0.4) is 0 Å². The van der Waals surface area contributed by atoms with Crippen LogP contribution in [0.15, 0.2) is 24.3 Å². The van der Waals surface area contributed by atoms with Gasteiger partial charge in [-0.1, -0.05) is 18.2 Å². The summed E-state index contributed by atoms with van der Waals surface area (Å²) in [5, 5.41) is 11.8. The maximum atomic E-state index is 13.4. The van der Waals surface area contributed by atoms with Gasteiger partial charge in [0, 0.05) is 26.1 Å². The van der Waals surface area contributed by atoms with Gasteiger partial charge in [-0.2, -0.15) is 0 Å². The molecule has 2 N–H and O–H groups in total. The van der Waals surface area contributed by atoms with Gasteiger partial charge in [-0.15, -0.1) is 0 Å². The molecule has 2 rings (SSSR count). The van der Waals surface area contributed by atoms with Crippen LogP contribution in [-0.4, -0.2) is 41.6 Å². The Morgan fingerprint density at radius 2 is 2.14 bits per heavy atom. The molecule has 0 radical (unpaired) electrons. The van der Waals surface area contributed by atoms with Gasteiger partial charge in [0.2, 0.25) is 5.91 Å². The summed E-state index contributed by atoms with van der Waals surface area (Å²) in [5.74, 6) is -0.266. The van der Waals surface area contributed by atoms with Crippen LogP contribution in [0.5, 0.6) is 0 Å². The molecule has 1 unspecified atom stereocenters. The Morgan fingerprint density at radius 1 is 1.36 bits per heavy atom. The van der Waals surface area contributed by atoms with Crippen molar-refractivity contribution in [3.05, 3.63) is 35.6 Å². The first kappa shape index (κ1) is 16.3. The zero-order chi connectivity index (χ0) is 15.9. The van der Waals surface area contributed by atoms with Crippen molar-refractivity contribution < 1.29 is 19.1 Å². The molecule has 0 bridgehead atoms. The monoisotopic (exact) mass is 308 g/mol. The number of rotatable bonds is 5. The van der Waals surface area contributed by atoms with Gasteiger partial charge in [-0.05, 0) is 36.8 Å². The van der Waals surface area contributed by atoms with E-state index in [0.717, 1.165) is 12.8 Å². The van der Waals surface area contributed by atoms with Crippen LogP contribution in [0, 0.1) is 11.7 Å². The van der Waals surface area contributed by atoms with E-state index in [-0.39, 0.29) is 24.1 Å². The van der Waals surface area contributed by atoms with Crippen molar-refractivity contribution in [2.75, 3.05) is 19.6 Å². The number of hydrogen-bond acceptors (Lipinski definition) is 2. The van der Waals surface area contributed by atoms with Crippen LogP contribution >= 0.6 is 0 Å². The lowest BCUT2D eigenvalue weighted by Gasteiger charge is -2.30. The number of carbonyl (C=O) groups excluding carboxylic acids is 1. The molecule has 1 fully saturated rings. The van der Waals surface area contributed by atoms with Gasteiger partial charge in [-0.25, -0.2) is 9.18 Å². The molecule has 1 saturated heterocycles. The summed E-state index contributed by atoms with van der Waals surface area (Å²) in [6.45, 7) is 1.50. The number of benzene rings is 1. The maximum Gasteiger partial charge on any atom is 0.407 e. The molecule has 2 amide bonds. The van der Waals surface area contributed by atoms with Crippen molar-refractivity contribution in [3.8, 4) is 0 Å². The van der Waals surface area contributed by atoms with E-state index < -0.39 is 6.09 Å². The second kappa shape index (κ2) is 7.77. The molecule has 0 saturated carbocycles. The molecule has 1 heterocycles. The highest BCUT2D eigenvalue weighted by Crippen LogP contribution is 2.16. The Kier molecular flexibility index (Phi) is 5.75. The van der Waals surface area contributed by atoms with Gasteiger partial charge < -0.3 is 15.3 Å². The third-order valence-corrected chi connectivity index (χ3v) is 3.96. The average Bonchev–Trinajstić information content (AvgIpc) is 2.52. The zero-order valence-corrected chi connectivity index (χ0v) is 12.4. The minimum absolute atomic E-state index is 0.129. The van der Waals surface area contributed by atoms with Crippen LogP contribution in [-0.2, 0) is 11.2 Å². The van der Waals surface area contributed by atoms with Crippen LogP contribution in [0.2, 0.25) is 0 Å². The Bertz CT molecular complexity index is 536. The van der Waals surface area contributed by atoms with Gasteiger partial charge in [-0.3, -0.25) is 4.79 Å². The van der Waals surface area contributed by atoms with Crippen molar-refractivity contribution in [3.63, 3.8) is 0 Å². The normalized spacial score (nSPS) is 18.0. The Balaban J connectivity index is 1.71. The predicted molar refractivity (Wildman–Crippen MR) is 80.1 cm³/mol. The number of aryl methyl sites for hydroxylation is 1. The summed E-state index contributed by atoms with van der Waals surface area (Å²) >= 11 is 0. The van der Waals surface area contributed by atoms with E-state index >= 15 is 0 Å². The molecular formula is C16H21FN2O3. The minimum Gasteiger partial charge on any atom is -0.465 e. The molecular weight excluding hydrogens is 287 g/mol. The smallest absolute Gasteiger partial charge is 0.407 e. The van der Waals surface area contributed by atoms with Crippen molar-refractivity contribution in [1.29, 1.82) is 0 Å². The average molecular weight is 308 g/mol. The van der Waals surface area contributed by atoms with E-state index in [2.05, 4.69) is 5.32 Å². The highest BCUT2D eigenvalue weighted by Gasteiger charge is 2.23. The second-order valence-corrected chi connectivity index (χ2v) is 5.63. The summed E-state index contributed by atoms with van der Waals surface area (Å²) in [6, 6.07) is 6.43. The lowest BCUT2D eigenvalue weighted by molar-refractivity contribution is -0.121. The molecule has 22 heavy (non-hydrogen) atoms. The number of likely N-dealkylation sites (tertiary alicyclic amines) is 1. The molecule has 5 nitrogen and oxygen atoms in total. The Morgan fingerprint density at radius 3 is 2.86 bits per heavy atom. The van der Waals surface area contributed by atoms with Gasteiger partial charge in [0.15, 0.2) is 0 Å². The fourth-order valence-corrected chi connectivity index (χ4v) is 2.70. The first-order chi connectivity index (χ1) is 10.6. The second-order valence-electron chi connectivity index (χ2n) is 5.63. The summed E-state index contributed by atoms with van der Waals surface area (Å²) in [4.78, 5) is 24.1. The quantitative estimate of drug-likeness (QED) is 0.876. The van der Waals surface area contributed by atoms with Crippen molar-refractivity contribution in [2.24, 2.45) is 5.92 Å². The standard InChI is InChI=1S/C16H21FN2O3/c17-14-6-2-1-5-13(14)7-8-15(20)18-10-12-4-3-9-19(11-12)16(21)22/h1-2,5-6,12H,3-4,7-11H2,(H,18,20)(H,21,22). The third kappa shape index (κ3) is 4.72. The molecule has 6 heteroatoms. The van der Waals surface area contributed by atoms with Crippen molar-refractivity contribution in [1.82, 2.24) is 10.2 Å². The van der Waals surface area contributed by atoms with Crippen LogP contribution < -0.4 is 5.32 Å². The number of carboxylic acid groups (broad SMARTS) is 1. The summed E-state index contributed by atoms with van der Waals surface area (Å²) in [6.07, 6.45) is 1.43. The summed E-state index contributed by atoms with van der Waals surface area (Å²) in [5.41, 5.74) is 0.535. The van der Waals surface area contributed by atoms with E-state index in [0.29, 0.717) is 31.6 Å². The first-order valence-corrected chi connectivity index (χ1v) is 7.54. The van der Waals surface area contributed by atoms with Crippen molar-refractivity contribution >= 4 is 12.0 Å². The SMILES string of the molecule is O=C(CCc1ccccc1F)NCC1CCCN(C(=O)O)C1. The number of halogens is 1. The molecule has 1 aliphatic heterocycles. The summed E-state index contributed by atoms with van der Waals surface area (Å²) in [7, 11) is 0. The molecule has 1 aromatic carbocycles. The highest BCUT2D eigenvalue weighted by molar-refractivity contribution is 5.76. The molecule has 1 aromatic rings. The van der Waals surface area contributed by atoms with E-state index in [9.17, 15) is 14.0 Å². The molecule has 0 spiro atoms. The van der Waals surface area contributed by atoms with Crippen LogP contribution in [0.4, 0.5) is 9.18 Å². The number of amides is 2. The van der Waals surface area contributed by atoms with E-state index in [1.54, 1.807) is 18.2 Å². The minimum atomic E-state index is -0.907. The Hall–Kier alpha value is -2.11. The lowest BCUT2D eigenvalue weighted by Crippen LogP contribution is -2.43. The molecule has 0 aliphatic carbocycles. The van der Waals surface area contributed by atoms with Crippen molar-refractivity contribution in [2.45, 2.75) is 25.7 Å². The molecule has 0 aromatic heterocycles. The van der Waals surface area contributed by atoms with Gasteiger partial charge in [0.05, 0.1) is 0 Å². The third-order valence-electron chi connectivity index (χ3n) is 3.96. The van der Waals surface area contributed by atoms with E-state index in [4.69, 9.17) is 5.11 Å². The molecule has 120 valence electrons. The number of nitrogens with one attached hydrogen (secondary N) is 1. The Labute approximate surface area is 129 Å². The van der Waals surface area contributed by atoms with Gasteiger partial charge >= 0.3 is 6.09 Å². The molecule has 1 aliphatic rings. The van der Waals surface area contributed by atoms with Crippen LogP contribution in [0.1, 0.15) is 24.8 Å². The summed E-state index contributed by atoms with van der Waals surface area (Å²) < 4.78 is 13.4. The van der Waals surface area contributed by atoms with E-state index in [1.165, 1.54) is 11.0 Å². The predicted octanol–water partition coefficient (Wildman–Crippen LogP) is 2.26. The largest absolute Gasteiger partial charge is 0.465 e. The fourth-order valence-electron chi connectivity index (χ4n) is 2.70. The molecule has 1 atom stereocenters. The number of piperidine rings is 1. The van der Waals surface area contributed by atoms with Gasteiger partial charge in [0.25, 0.3) is 0 Å². The number of nitrogens with zero attached hydrogens (tertiary/aromatic N) is 1. The fraction of sp³-hybridized carbons (Fsp3) is 0.500. The highest BCUT2D eigenvalue weighted by atomic mass is 19.1. The van der Waals surface area contributed by atoms with Gasteiger partial charge in [0.1, 0.15) is 5.82 Å². The maximum absolute atomic E-state index is 13.4. The number of carbonyl (C=O) groups is 2. The lowest BCUT2D eigenvalue weighted by atomic mass is 9.98. The first-order valence-electron chi connectivity index (χ1n) is 7.54. The zero-order valence-electron chi connectivity index (χ0n) is 12.4. The van der Waals surface area contributed by atoms with Crippen LogP contribution in [0.25, 0.3) is 0 Å². The topological polar surface area (TPSA) is 69.6 Å². The van der Waals surface area contributed by atoms with E-state index in [1.807, 2.05) is 0 Å².